The molecule has 2 rings (SSSR count). The zero-order chi connectivity index (χ0) is 12.8. The lowest BCUT2D eigenvalue weighted by Gasteiger charge is -2.21. The Morgan fingerprint density at radius 1 is 1.50 bits per heavy atom. The minimum Gasteiger partial charge on any atom is -0.395 e. The van der Waals surface area contributed by atoms with E-state index >= 15 is 0 Å². The van der Waals surface area contributed by atoms with Gasteiger partial charge in [0.1, 0.15) is 6.54 Å². The molecule has 1 atom stereocenters. The van der Waals surface area contributed by atoms with Crippen molar-refractivity contribution in [3.8, 4) is 0 Å². The second kappa shape index (κ2) is 6.86. The number of likely N-dealkylation sites (tertiary alicyclic amines) is 1. The molecule has 1 aromatic heterocycles. The molecule has 0 amide bonds. The van der Waals surface area contributed by atoms with E-state index in [0.717, 1.165) is 26.1 Å². The smallest absolute Gasteiger partial charge is 0.173 e. The summed E-state index contributed by atoms with van der Waals surface area (Å²) in [6.07, 6.45) is 9.22. The molecule has 0 aromatic carbocycles. The lowest BCUT2D eigenvalue weighted by Crippen LogP contribution is -2.35. The minimum atomic E-state index is 0.294. The molecule has 1 fully saturated rings. The average Bonchev–Trinajstić information content (AvgIpc) is 2.84. The van der Waals surface area contributed by atoms with Crippen LogP contribution in [-0.2, 0) is 13.1 Å². The number of nitrogens with zero attached hydrogens (tertiary/aromatic N) is 2. The Morgan fingerprint density at radius 3 is 3.17 bits per heavy atom. The summed E-state index contributed by atoms with van der Waals surface area (Å²) in [6, 6.07) is 4.69. The minimum absolute atomic E-state index is 0.294. The first-order valence-electron chi connectivity index (χ1n) is 7.16. The number of aryl methyl sites for hydroxylation is 1. The Kier molecular flexibility index (Phi) is 5.14. The maximum Gasteiger partial charge on any atom is 0.173 e. The van der Waals surface area contributed by atoms with E-state index in [0.29, 0.717) is 12.6 Å². The van der Waals surface area contributed by atoms with E-state index in [4.69, 9.17) is 0 Å². The van der Waals surface area contributed by atoms with Gasteiger partial charge < -0.3 is 5.11 Å². The Morgan fingerprint density at radius 2 is 2.39 bits per heavy atom. The molecule has 1 aliphatic rings. The largest absolute Gasteiger partial charge is 0.395 e. The van der Waals surface area contributed by atoms with Gasteiger partial charge in [-0.05, 0) is 25.5 Å². The highest BCUT2D eigenvalue weighted by molar-refractivity contribution is 5.06. The van der Waals surface area contributed by atoms with Gasteiger partial charge in [0.2, 0.25) is 0 Å². The Labute approximate surface area is 110 Å². The summed E-state index contributed by atoms with van der Waals surface area (Å²) in [5.74, 6) is 0. The molecule has 0 saturated carbocycles. The topological polar surface area (TPSA) is 27.4 Å². The molecule has 0 radical (unpaired) electrons. The Hall–Kier alpha value is -0.930. The highest BCUT2D eigenvalue weighted by Gasteiger charge is 2.23. The third-order valence-corrected chi connectivity index (χ3v) is 3.78. The van der Waals surface area contributed by atoms with Gasteiger partial charge in [-0.15, -0.1) is 0 Å². The fourth-order valence-corrected chi connectivity index (χ4v) is 2.69. The number of pyridine rings is 1. The normalized spacial score (nSPS) is 20.4. The molecule has 1 aromatic rings. The van der Waals surface area contributed by atoms with Crippen LogP contribution < -0.4 is 4.57 Å². The number of aliphatic hydroxyl groups is 1. The molecule has 100 valence electrons. The standard InChI is InChI=1S/C15H25N2O/c1-2-3-8-16-9-4-6-14(11-16)12-17-10-5-7-15(17)13-18/h4,6,9,11,15,18H,2-3,5,7-8,10,12-13H2,1H3/q+1/t15-/m0/s1. The highest BCUT2D eigenvalue weighted by atomic mass is 16.3. The molecule has 0 spiro atoms. The SMILES string of the molecule is CCCC[n+]1cccc(CN2CCC[C@H]2CO)c1. The van der Waals surface area contributed by atoms with Crippen LogP contribution in [0.1, 0.15) is 38.2 Å². The van der Waals surface area contributed by atoms with Crippen LogP contribution in [0.15, 0.2) is 24.5 Å². The quantitative estimate of drug-likeness (QED) is 0.778. The third kappa shape index (κ3) is 3.53. The molecule has 3 heteroatoms. The van der Waals surface area contributed by atoms with Crippen LogP contribution in [0.3, 0.4) is 0 Å². The van der Waals surface area contributed by atoms with Crippen molar-refractivity contribution in [3.05, 3.63) is 30.1 Å². The number of unbranched alkanes of at least 4 members (excludes halogenated alkanes) is 1. The van der Waals surface area contributed by atoms with Crippen LogP contribution in [0.4, 0.5) is 0 Å². The van der Waals surface area contributed by atoms with Gasteiger partial charge in [-0.3, -0.25) is 4.90 Å². The Balaban J connectivity index is 1.96. The first-order chi connectivity index (χ1) is 8.83. The van der Waals surface area contributed by atoms with Crippen molar-refractivity contribution >= 4 is 0 Å². The second-order valence-electron chi connectivity index (χ2n) is 5.25. The molecule has 2 heterocycles. The van der Waals surface area contributed by atoms with E-state index in [2.05, 4.69) is 40.9 Å². The van der Waals surface area contributed by atoms with E-state index in [9.17, 15) is 5.11 Å². The van der Waals surface area contributed by atoms with Gasteiger partial charge in [0, 0.05) is 30.6 Å². The van der Waals surface area contributed by atoms with Crippen LogP contribution in [-0.4, -0.2) is 29.2 Å². The zero-order valence-electron chi connectivity index (χ0n) is 11.4. The number of aromatic nitrogens is 1. The highest BCUT2D eigenvalue weighted by Crippen LogP contribution is 2.18. The van der Waals surface area contributed by atoms with Crippen molar-refractivity contribution in [2.24, 2.45) is 0 Å². The molecular weight excluding hydrogens is 224 g/mol. The molecule has 3 nitrogen and oxygen atoms in total. The van der Waals surface area contributed by atoms with E-state index in [1.54, 1.807) is 0 Å². The molecule has 18 heavy (non-hydrogen) atoms. The van der Waals surface area contributed by atoms with Gasteiger partial charge in [0.25, 0.3) is 0 Å². The van der Waals surface area contributed by atoms with E-state index in [1.807, 2.05) is 0 Å². The van der Waals surface area contributed by atoms with Gasteiger partial charge in [0.05, 0.1) is 6.61 Å². The first kappa shape index (κ1) is 13.5. The molecule has 0 unspecified atom stereocenters. The van der Waals surface area contributed by atoms with Gasteiger partial charge in [-0.25, -0.2) is 4.57 Å². The number of rotatable bonds is 6. The van der Waals surface area contributed by atoms with Crippen LogP contribution in [0.2, 0.25) is 0 Å². The average molecular weight is 249 g/mol. The maximum absolute atomic E-state index is 9.34. The van der Waals surface area contributed by atoms with E-state index in [-0.39, 0.29) is 0 Å². The van der Waals surface area contributed by atoms with E-state index in [1.165, 1.54) is 24.8 Å². The van der Waals surface area contributed by atoms with Gasteiger partial charge in [-0.1, -0.05) is 13.3 Å². The maximum atomic E-state index is 9.34. The summed E-state index contributed by atoms with van der Waals surface area (Å²) in [6.45, 7) is 5.71. The van der Waals surface area contributed by atoms with Crippen molar-refractivity contribution in [1.29, 1.82) is 0 Å². The van der Waals surface area contributed by atoms with E-state index < -0.39 is 0 Å². The van der Waals surface area contributed by atoms with Crippen molar-refractivity contribution in [2.45, 2.75) is 51.7 Å². The van der Waals surface area contributed by atoms with Crippen molar-refractivity contribution < 1.29 is 9.67 Å². The summed E-state index contributed by atoms with van der Waals surface area (Å²) in [7, 11) is 0. The first-order valence-corrected chi connectivity index (χ1v) is 7.16. The summed E-state index contributed by atoms with van der Waals surface area (Å²) in [5.41, 5.74) is 1.36. The molecule has 1 aliphatic heterocycles. The predicted octanol–water partition coefficient (Wildman–Crippen LogP) is 1.73. The van der Waals surface area contributed by atoms with Crippen LogP contribution in [0.5, 0.6) is 0 Å². The molecule has 0 aliphatic carbocycles. The third-order valence-electron chi connectivity index (χ3n) is 3.78. The fourth-order valence-electron chi connectivity index (χ4n) is 2.69. The van der Waals surface area contributed by atoms with Gasteiger partial charge >= 0.3 is 0 Å². The summed E-state index contributed by atoms with van der Waals surface area (Å²) in [4.78, 5) is 2.40. The van der Waals surface area contributed by atoms with Crippen molar-refractivity contribution in [3.63, 3.8) is 0 Å². The van der Waals surface area contributed by atoms with Crippen LogP contribution >= 0.6 is 0 Å². The summed E-state index contributed by atoms with van der Waals surface area (Å²) >= 11 is 0. The van der Waals surface area contributed by atoms with Gasteiger partial charge in [0.15, 0.2) is 12.4 Å². The fraction of sp³-hybridized carbons (Fsp3) is 0.667. The summed E-state index contributed by atoms with van der Waals surface area (Å²) < 4.78 is 2.28. The number of hydrogen-bond acceptors (Lipinski definition) is 2. The molecule has 1 saturated heterocycles. The molecule has 0 bridgehead atoms. The monoisotopic (exact) mass is 249 g/mol. The zero-order valence-corrected chi connectivity index (χ0v) is 11.4. The summed E-state index contributed by atoms with van der Waals surface area (Å²) in [5, 5.41) is 9.34. The lowest BCUT2D eigenvalue weighted by atomic mass is 10.2. The van der Waals surface area contributed by atoms with Crippen LogP contribution in [0.25, 0.3) is 0 Å². The lowest BCUT2D eigenvalue weighted by molar-refractivity contribution is -0.697. The van der Waals surface area contributed by atoms with Gasteiger partial charge in [-0.2, -0.15) is 0 Å². The van der Waals surface area contributed by atoms with Crippen LogP contribution in [0, 0.1) is 0 Å². The molecule has 1 N–H and O–H groups in total. The number of hydrogen-bond donors (Lipinski definition) is 1. The molecular formula is C15H25N2O+. The van der Waals surface area contributed by atoms with Crippen molar-refractivity contribution in [1.82, 2.24) is 4.90 Å². The number of aliphatic hydroxyl groups excluding tert-OH is 1. The van der Waals surface area contributed by atoms with Crippen molar-refractivity contribution in [2.75, 3.05) is 13.2 Å². The Bertz CT molecular complexity index is 367. The predicted molar refractivity (Wildman–Crippen MR) is 72.1 cm³/mol. The second-order valence-corrected chi connectivity index (χ2v) is 5.25.